The number of ether oxygens (including phenoxy) is 1. The Balaban J connectivity index is 2.31. The zero-order valence-corrected chi connectivity index (χ0v) is 12.2. The Kier molecular flexibility index (Phi) is 4.54. The van der Waals surface area contributed by atoms with Gasteiger partial charge >= 0.3 is 0 Å². The first-order valence-corrected chi connectivity index (χ1v) is 6.58. The highest BCUT2D eigenvalue weighted by molar-refractivity contribution is 6.32. The molecule has 0 radical (unpaired) electrons. The maximum absolute atomic E-state index is 10.7. The van der Waals surface area contributed by atoms with Gasteiger partial charge in [-0.05, 0) is 6.07 Å². The first kappa shape index (κ1) is 15.0. The van der Waals surface area contributed by atoms with Crippen molar-refractivity contribution in [3.05, 3.63) is 45.2 Å². The van der Waals surface area contributed by atoms with Gasteiger partial charge in [0.25, 0.3) is 5.69 Å². The molecule has 0 bridgehead atoms. The number of aryl methyl sites for hydroxylation is 1. The highest BCUT2D eigenvalue weighted by Crippen LogP contribution is 2.32. The second kappa shape index (κ2) is 6.36. The molecule has 0 unspecified atom stereocenters. The molecule has 1 N–H and O–H groups in total. The van der Waals surface area contributed by atoms with E-state index in [-0.39, 0.29) is 10.7 Å². The van der Waals surface area contributed by atoms with Crippen LogP contribution in [0.5, 0.6) is 11.6 Å². The summed E-state index contributed by atoms with van der Waals surface area (Å²) in [7, 11) is 1.74. The van der Waals surface area contributed by atoms with Crippen LogP contribution in [0.15, 0.2) is 24.3 Å². The fourth-order valence-electron chi connectivity index (χ4n) is 1.61. The molecular weight excluding hydrogens is 296 g/mol. The molecule has 21 heavy (non-hydrogen) atoms. The van der Waals surface area contributed by atoms with E-state index in [0.29, 0.717) is 29.7 Å². The topological polar surface area (TPSA) is 90.2 Å². The van der Waals surface area contributed by atoms with Crippen molar-refractivity contribution in [3.63, 3.8) is 0 Å². The Morgan fingerprint density at radius 2 is 2.14 bits per heavy atom. The molecule has 0 aliphatic rings. The van der Waals surface area contributed by atoms with Gasteiger partial charge in [0.1, 0.15) is 17.4 Å². The van der Waals surface area contributed by atoms with Gasteiger partial charge in [0.15, 0.2) is 0 Å². The summed E-state index contributed by atoms with van der Waals surface area (Å²) in [5.74, 6) is 1.86. The minimum absolute atomic E-state index is 0.0970. The molecule has 7 nitrogen and oxygen atoms in total. The first-order chi connectivity index (χ1) is 10.0. The highest BCUT2D eigenvalue weighted by atomic mass is 35.5. The van der Waals surface area contributed by atoms with Gasteiger partial charge in [-0.25, -0.2) is 4.98 Å². The molecule has 0 saturated heterocycles. The Morgan fingerprint density at radius 1 is 1.38 bits per heavy atom. The molecule has 0 aliphatic carbocycles. The van der Waals surface area contributed by atoms with Crippen molar-refractivity contribution >= 4 is 23.1 Å². The molecule has 0 aliphatic heterocycles. The van der Waals surface area contributed by atoms with Crippen LogP contribution in [-0.4, -0.2) is 21.9 Å². The molecule has 1 aromatic carbocycles. The molecule has 0 fully saturated rings. The number of nitro benzene ring substituents is 1. The van der Waals surface area contributed by atoms with E-state index in [1.165, 1.54) is 18.2 Å². The molecule has 110 valence electrons. The lowest BCUT2D eigenvalue weighted by Gasteiger charge is -2.09. The van der Waals surface area contributed by atoms with E-state index in [1.54, 1.807) is 13.1 Å². The lowest BCUT2D eigenvalue weighted by molar-refractivity contribution is -0.384. The third-order valence-corrected chi connectivity index (χ3v) is 2.96. The number of rotatable bonds is 5. The van der Waals surface area contributed by atoms with Gasteiger partial charge in [0.2, 0.25) is 5.88 Å². The van der Waals surface area contributed by atoms with E-state index in [9.17, 15) is 10.1 Å². The fourth-order valence-corrected chi connectivity index (χ4v) is 1.82. The van der Waals surface area contributed by atoms with Crippen molar-refractivity contribution in [1.82, 2.24) is 9.97 Å². The van der Waals surface area contributed by atoms with Gasteiger partial charge < -0.3 is 10.1 Å². The Morgan fingerprint density at radius 3 is 2.71 bits per heavy atom. The number of anilines is 1. The quantitative estimate of drug-likeness (QED) is 0.672. The Labute approximate surface area is 126 Å². The average molecular weight is 309 g/mol. The normalized spacial score (nSPS) is 10.2. The van der Waals surface area contributed by atoms with Gasteiger partial charge in [-0.1, -0.05) is 18.5 Å². The van der Waals surface area contributed by atoms with Crippen LogP contribution in [0.3, 0.4) is 0 Å². The maximum atomic E-state index is 10.7. The fraction of sp³-hybridized carbons (Fsp3) is 0.231. The predicted molar refractivity (Wildman–Crippen MR) is 79.1 cm³/mol. The second-order valence-electron chi connectivity index (χ2n) is 4.09. The summed E-state index contributed by atoms with van der Waals surface area (Å²) in [6.07, 6.45) is 0.653. The third kappa shape index (κ3) is 3.57. The lowest BCUT2D eigenvalue weighted by atomic mass is 10.3. The number of halogens is 1. The largest absolute Gasteiger partial charge is 0.437 e. The Bertz CT molecular complexity index is 656. The van der Waals surface area contributed by atoms with Crippen molar-refractivity contribution in [3.8, 4) is 11.6 Å². The standard InChI is InChI=1S/C13H13ClN4O3/c1-3-11-16-12(15-2)7-13(17-11)21-10-5-4-8(18(19)20)6-9(10)14/h4-7H,3H2,1-2H3,(H,15,16,17). The first-order valence-electron chi connectivity index (χ1n) is 6.21. The van der Waals surface area contributed by atoms with Gasteiger partial charge in [-0.2, -0.15) is 4.98 Å². The van der Waals surface area contributed by atoms with Crippen LogP contribution in [0.1, 0.15) is 12.7 Å². The number of non-ortho nitro benzene ring substituents is 1. The summed E-state index contributed by atoms with van der Waals surface area (Å²) in [6, 6.07) is 5.62. The maximum Gasteiger partial charge on any atom is 0.271 e. The van der Waals surface area contributed by atoms with Gasteiger partial charge in [0, 0.05) is 31.7 Å². The number of nitro groups is 1. The molecule has 0 saturated carbocycles. The summed E-state index contributed by atoms with van der Waals surface area (Å²) >= 11 is 5.98. The van der Waals surface area contributed by atoms with E-state index < -0.39 is 4.92 Å². The number of nitrogens with one attached hydrogen (secondary N) is 1. The summed E-state index contributed by atoms with van der Waals surface area (Å²) in [6.45, 7) is 1.93. The molecule has 8 heteroatoms. The van der Waals surface area contributed by atoms with Gasteiger partial charge in [-0.15, -0.1) is 0 Å². The van der Waals surface area contributed by atoms with Crippen LogP contribution < -0.4 is 10.1 Å². The number of hydrogen-bond donors (Lipinski definition) is 1. The molecule has 0 atom stereocenters. The highest BCUT2D eigenvalue weighted by Gasteiger charge is 2.12. The number of hydrogen-bond acceptors (Lipinski definition) is 6. The minimum atomic E-state index is -0.519. The third-order valence-electron chi connectivity index (χ3n) is 2.66. The summed E-state index contributed by atoms with van der Waals surface area (Å²) in [4.78, 5) is 18.6. The number of benzene rings is 1. The van der Waals surface area contributed by atoms with Gasteiger partial charge in [-0.3, -0.25) is 10.1 Å². The molecule has 2 rings (SSSR count). The SMILES string of the molecule is CCc1nc(NC)cc(Oc2ccc([N+](=O)[O-])cc2Cl)n1. The van der Waals surface area contributed by atoms with E-state index in [2.05, 4.69) is 15.3 Å². The van der Waals surface area contributed by atoms with Gasteiger partial charge in [0.05, 0.1) is 9.95 Å². The van der Waals surface area contributed by atoms with Crippen LogP contribution >= 0.6 is 11.6 Å². The van der Waals surface area contributed by atoms with Crippen LogP contribution in [-0.2, 0) is 6.42 Å². The summed E-state index contributed by atoms with van der Waals surface area (Å²) in [5, 5.41) is 13.7. The van der Waals surface area contributed by atoms with Crippen LogP contribution in [0.4, 0.5) is 11.5 Å². The molecule has 0 amide bonds. The summed E-state index contributed by atoms with van der Waals surface area (Å²) < 4.78 is 5.58. The number of nitrogens with zero attached hydrogens (tertiary/aromatic N) is 3. The predicted octanol–water partition coefficient (Wildman–Crippen LogP) is 3.43. The van der Waals surface area contributed by atoms with Crippen LogP contribution in [0, 0.1) is 10.1 Å². The van der Waals surface area contributed by atoms with E-state index in [4.69, 9.17) is 16.3 Å². The van der Waals surface area contributed by atoms with Crippen molar-refractivity contribution in [2.24, 2.45) is 0 Å². The average Bonchev–Trinajstić information content (AvgIpc) is 2.48. The molecular formula is C13H13ClN4O3. The number of aromatic nitrogens is 2. The second-order valence-corrected chi connectivity index (χ2v) is 4.49. The zero-order valence-electron chi connectivity index (χ0n) is 11.5. The smallest absolute Gasteiger partial charge is 0.271 e. The summed E-state index contributed by atoms with van der Waals surface area (Å²) in [5.41, 5.74) is -0.0970. The van der Waals surface area contributed by atoms with E-state index in [0.717, 1.165) is 0 Å². The van der Waals surface area contributed by atoms with E-state index in [1.807, 2.05) is 6.92 Å². The van der Waals surface area contributed by atoms with Crippen molar-refractivity contribution in [1.29, 1.82) is 0 Å². The molecule has 0 spiro atoms. The van der Waals surface area contributed by atoms with Crippen molar-refractivity contribution in [2.45, 2.75) is 13.3 Å². The Hall–Kier alpha value is -2.41. The molecule has 1 heterocycles. The van der Waals surface area contributed by atoms with E-state index >= 15 is 0 Å². The lowest BCUT2D eigenvalue weighted by Crippen LogP contribution is -2.01. The monoisotopic (exact) mass is 308 g/mol. The van der Waals surface area contributed by atoms with Crippen molar-refractivity contribution in [2.75, 3.05) is 12.4 Å². The van der Waals surface area contributed by atoms with Crippen LogP contribution in [0.25, 0.3) is 0 Å². The molecule has 2 aromatic rings. The van der Waals surface area contributed by atoms with Crippen molar-refractivity contribution < 1.29 is 9.66 Å². The van der Waals surface area contributed by atoms with Crippen LogP contribution in [0.2, 0.25) is 5.02 Å². The minimum Gasteiger partial charge on any atom is -0.437 e. The zero-order chi connectivity index (χ0) is 15.4. The molecule has 1 aromatic heterocycles.